The van der Waals surface area contributed by atoms with Crippen LogP contribution in [0, 0.1) is 10.8 Å². The Kier molecular flexibility index (Phi) is 8.92. The van der Waals surface area contributed by atoms with Gasteiger partial charge in [0, 0.05) is 36.4 Å². The van der Waals surface area contributed by atoms with Crippen LogP contribution in [0.5, 0.6) is 0 Å². The molecule has 0 aromatic rings. The number of amides is 2. The maximum absolute atomic E-state index is 13.1. The second-order valence-corrected chi connectivity index (χ2v) is 9.21. The van der Waals surface area contributed by atoms with Crippen molar-refractivity contribution in [3.63, 3.8) is 0 Å². The molecule has 1 heterocycles. The molecule has 2 amide bonds. The van der Waals surface area contributed by atoms with Gasteiger partial charge in [0.15, 0.2) is 0 Å². The molecule has 0 spiro atoms. The van der Waals surface area contributed by atoms with Crippen LogP contribution in [0.2, 0.25) is 0 Å². The van der Waals surface area contributed by atoms with Gasteiger partial charge in [-0.3, -0.25) is 9.59 Å². The summed E-state index contributed by atoms with van der Waals surface area (Å²) < 4.78 is 0. The number of rotatable bonds is 12. The lowest BCUT2D eigenvalue weighted by Crippen LogP contribution is -2.48. The Morgan fingerprint density at radius 2 is 2.00 bits per heavy atom. The number of likely N-dealkylation sites (tertiary alicyclic amines) is 1. The second-order valence-electron chi connectivity index (χ2n) is 9.21. The summed E-state index contributed by atoms with van der Waals surface area (Å²) in [4.78, 5) is 40.9. The third-order valence-electron chi connectivity index (χ3n) is 5.49. The van der Waals surface area contributed by atoms with E-state index < -0.39 is 10.8 Å². The van der Waals surface area contributed by atoms with Crippen molar-refractivity contribution < 1.29 is 14.4 Å². The van der Waals surface area contributed by atoms with Crippen LogP contribution in [0.4, 0.5) is 0 Å². The Morgan fingerprint density at radius 3 is 2.48 bits per heavy atom. The van der Waals surface area contributed by atoms with Crippen molar-refractivity contribution >= 4 is 18.1 Å². The van der Waals surface area contributed by atoms with E-state index in [4.69, 9.17) is 0 Å². The SMILES string of the molecule is CCC(CC(C)(CC(C)(C)C=O)C(=O)NCCCN(C)C)N1CCCC1=O. The molecule has 6 heteroatoms. The smallest absolute Gasteiger partial charge is 0.226 e. The van der Waals surface area contributed by atoms with Gasteiger partial charge < -0.3 is 19.9 Å². The van der Waals surface area contributed by atoms with Crippen LogP contribution < -0.4 is 5.32 Å². The highest BCUT2D eigenvalue weighted by molar-refractivity contribution is 5.83. The molecule has 0 aliphatic carbocycles. The predicted molar refractivity (Wildman–Crippen MR) is 108 cm³/mol. The van der Waals surface area contributed by atoms with Gasteiger partial charge in [-0.15, -0.1) is 0 Å². The summed E-state index contributed by atoms with van der Waals surface area (Å²) in [6.45, 7) is 10.1. The molecule has 156 valence electrons. The summed E-state index contributed by atoms with van der Waals surface area (Å²) in [7, 11) is 4.02. The van der Waals surface area contributed by atoms with Crippen molar-refractivity contribution in [3.8, 4) is 0 Å². The maximum Gasteiger partial charge on any atom is 0.226 e. The zero-order valence-corrected chi connectivity index (χ0v) is 18.1. The molecule has 0 aromatic heterocycles. The molecule has 1 aliphatic rings. The zero-order chi connectivity index (χ0) is 20.7. The number of nitrogens with zero attached hydrogens (tertiary/aromatic N) is 2. The first-order valence-electron chi connectivity index (χ1n) is 10.2. The fraction of sp³-hybridized carbons (Fsp3) is 0.857. The third kappa shape index (κ3) is 7.24. The molecular weight excluding hydrogens is 342 g/mol. The van der Waals surface area contributed by atoms with Crippen molar-refractivity contribution in [1.82, 2.24) is 15.1 Å². The zero-order valence-electron chi connectivity index (χ0n) is 18.1. The van der Waals surface area contributed by atoms with Gasteiger partial charge in [-0.1, -0.05) is 27.7 Å². The Hall–Kier alpha value is -1.43. The minimum absolute atomic E-state index is 0.0127. The predicted octanol–water partition coefficient (Wildman–Crippen LogP) is 2.47. The Balaban J connectivity index is 2.90. The van der Waals surface area contributed by atoms with E-state index in [1.54, 1.807) is 0 Å². The minimum Gasteiger partial charge on any atom is -0.356 e. The lowest BCUT2D eigenvalue weighted by molar-refractivity contribution is -0.137. The number of nitrogens with one attached hydrogen (secondary N) is 1. The average Bonchev–Trinajstić information content (AvgIpc) is 3.01. The van der Waals surface area contributed by atoms with Crippen LogP contribution in [-0.4, -0.2) is 67.7 Å². The molecule has 0 aromatic carbocycles. The Labute approximate surface area is 165 Å². The highest BCUT2D eigenvalue weighted by Crippen LogP contribution is 2.39. The Bertz CT molecular complexity index is 519. The van der Waals surface area contributed by atoms with Crippen molar-refractivity contribution in [1.29, 1.82) is 0 Å². The highest BCUT2D eigenvalue weighted by atomic mass is 16.2. The summed E-state index contributed by atoms with van der Waals surface area (Å²) in [5.74, 6) is 0.173. The van der Waals surface area contributed by atoms with Gasteiger partial charge in [0.05, 0.1) is 0 Å². The number of hydrogen-bond donors (Lipinski definition) is 1. The lowest BCUT2D eigenvalue weighted by Gasteiger charge is -2.39. The Morgan fingerprint density at radius 1 is 1.33 bits per heavy atom. The highest BCUT2D eigenvalue weighted by Gasteiger charge is 2.42. The maximum atomic E-state index is 13.1. The molecule has 0 radical (unpaired) electrons. The van der Waals surface area contributed by atoms with E-state index in [1.165, 1.54) is 0 Å². The number of carbonyl (C=O) groups is 3. The van der Waals surface area contributed by atoms with Crippen molar-refractivity contribution in [2.24, 2.45) is 10.8 Å². The van der Waals surface area contributed by atoms with Gasteiger partial charge in [0.2, 0.25) is 11.8 Å². The fourth-order valence-corrected chi connectivity index (χ4v) is 4.15. The molecule has 0 bridgehead atoms. The molecule has 1 saturated heterocycles. The fourth-order valence-electron chi connectivity index (χ4n) is 4.15. The summed E-state index contributed by atoms with van der Waals surface area (Å²) in [6.07, 6.45) is 5.19. The van der Waals surface area contributed by atoms with Crippen molar-refractivity contribution in [2.45, 2.75) is 72.3 Å². The lowest BCUT2D eigenvalue weighted by atomic mass is 9.70. The quantitative estimate of drug-likeness (QED) is 0.416. The molecule has 1 rings (SSSR count). The molecule has 27 heavy (non-hydrogen) atoms. The molecule has 6 nitrogen and oxygen atoms in total. The topological polar surface area (TPSA) is 69.7 Å². The average molecular weight is 382 g/mol. The molecule has 1 N–H and O–H groups in total. The standard InChI is InChI=1S/C21H39N3O3/c1-7-17(24-13-8-10-18(24)26)14-21(4,15-20(2,3)16-25)19(27)22-11-9-12-23(5)6/h16-17H,7-15H2,1-6H3,(H,22,27). The van der Waals surface area contributed by atoms with Crippen LogP contribution in [0.15, 0.2) is 0 Å². The first kappa shape index (κ1) is 23.6. The van der Waals surface area contributed by atoms with E-state index in [0.29, 0.717) is 25.8 Å². The van der Waals surface area contributed by atoms with E-state index in [0.717, 1.165) is 38.6 Å². The van der Waals surface area contributed by atoms with Crippen LogP contribution >= 0.6 is 0 Å². The summed E-state index contributed by atoms with van der Waals surface area (Å²) in [6, 6.07) is 0.0416. The van der Waals surface area contributed by atoms with Gasteiger partial charge >= 0.3 is 0 Å². The van der Waals surface area contributed by atoms with Gasteiger partial charge in [0.25, 0.3) is 0 Å². The van der Waals surface area contributed by atoms with E-state index in [1.807, 2.05) is 39.8 Å². The third-order valence-corrected chi connectivity index (χ3v) is 5.49. The summed E-state index contributed by atoms with van der Waals surface area (Å²) >= 11 is 0. The summed E-state index contributed by atoms with van der Waals surface area (Å²) in [5.41, 5.74) is -1.27. The number of carbonyl (C=O) groups excluding carboxylic acids is 3. The minimum atomic E-state index is -0.688. The van der Waals surface area contributed by atoms with Gasteiger partial charge in [0.1, 0.15) is 6.29 Å². The number of aldehydes is 1. The largest absolute Gasteiger partial charge is 0.356 e. The number of hydrogen-bond acceptors (Lipinski definition) is 4. The molecular formula is C21H39N3O3. The van der Waals surface area contributed by atoms with Crippen molar-refractivity contribution in [3.05, 3.63) is 0 Å². The van der Waals surface area contributed by atoms with E-state index >= 15 is 0 Å². The molecule has 2 atom stereocenters. The van der Waals surface area contributed by atoms with Crippen LogP contribution in [-0.2, 0) is 14.4 Å². The van der Waals surface area contributed by atoms with Gasteiger partial charge in [-0.05, 0) is 52.7 Å². The van der Waals surface area contributed by atoms with Crippen LogP contribution in [0.1, 0.15) is 66.2 Å². The van der Waals surface area contributed by atoms with Crippen molar-refractivity contribution in [2.75, 3.05) is 33.7 Å². The van der Waals surface area contributed by atoms with E-state index in [-0.39, 0.29) is 17.9 Å². The van der Waals surface area contributed by atoms with Gasteiger partial charge in [-0.2, -0.15) is 0 Å². The van der Waals surface area contributed by atoms with Gasteiger partial charge in [-0.25, -0.2) is 0 Å². The molecule has 1 fully saturated rings. The van der Waals surface area contributed by atoms with E-state index in [9.17, 15) is 14.4 Å². The second kappa shape index (κ2) is 10.2. The monoisotopic (exact) mass is 381 g/mol. The van der Waals surface area contributed by atoms with Crippen LogP contribution in [0.25, 0.3) is 0 Å². The van der Waals surface area contributed by atoms with Crippen LogP contribution in [0.3, 0.4) is 0 Å². The summed E-state index contributed by atoms with van der Waals surface area (Å²) in [5, 5.41) is 3.07. The first-order chi connectivity index (χ1) is 12.5. The van der Waals surface area contributed by atoms with E-state index in [2.05, 4.69) is 17.1 Å². The normalized spacial score (nSPS) is 18.5. The molecule has 1 aliphatic heterocycles. The first-order valence-corrected chi connectivity index (χ1v) is 10.2. The molecule has 2 unspecified atom stereocenters. The molecule has 0 saturated carbocycles.